The number of likely N-dealkylation sites (N-methyl/N-ethyl adjacent to an activating group) is 1. The molecule has 2 aromatic heterocycles. The molecule has 0 aliphatic carbocycles. The second kappa shape index (κ2) is 11.4. The third-order valence-corrected chi connectivity index (χ3v) is 6.34. The van der Waals surface area contributed by atoms with Crippen LogP contribution in [-0.4, -0.2) is 47.2 Å². The Kier molecular flexibility index (Phi) is 8.07. The van der Waals surface area contributed by atoms with Gasteiger partial charge in [0.05, 0.1) is 11.7 Å². The van der Waals surface area contributed by atoms with E-state index in [2.05, 4.69) is 32.4 Å². The smallest absolute Gasteiger partial charge is 0.293 e. The van der Waals surface area contributed by atoms with E-state index >= 15 is 0 Å². The highest BCUT2D eigenvalue weighted by Crippen LogP contribution is 2.28. The molecule has 3 aromatic rings. The van der Waals surface area contributed by atoms with Gasteiger partial charge in [-0.3, -0.25) is 9.59 Å². The Morgan fingerprint density at radius 2 is 2.00 bits per heavy atom. The maximum absolute atomic E-state index is 13.0. The molecule has 9 nitrogen and oxygen atoms in total. The number of nitrogens with zero attached hydrogens (tertiary/aromatic N) is 4. The number of benzene rings is 1. The molecular weight excluding hydrogens is 468 g/mol. The predicted molar refractivity (Wildman–Crippen MR) is 139 cm³/mol. The lowest BCUT2D eigenvalue weighted by Gasteiger charge is -2.26. The molecule has 0 unspecified atom stereocenters. The van der Waals surface area contributed by atoms with Gasteiger partial charge in [-0.05, 0) is 49.9 Å². The van der Waals surface area contributed by atoms with Gasteiger partial charge in [-0.1, -0.05) is 24.9 Å². The minimum Gasteiger partial charge on any atom is -0.478 e. The number of fused-ring (bicyclic) bond motifs is 1. The van der Waals surface area contributed by atoms with E-state index in [0.717, 1.165) is 55.4 Å². The van der Waals surface area contributed by atoms with E-state index in [1.54, 1.807) is 16.8 Å². The third-order valence-electron chi connectivity index (χ3n) is 6.07. The summed E-state index contributed by atoms with van der Waals surface area (Å²) in [5, 5.41) is 7.03. The van der Waals surface area contributed by atoms with Crippen LogP contribution in [0, 0.1) is 0 Å². The van der Waals surface area contributed by atoms with Crippen molar-refractivity contribution >= 4 is 45.9 Å². The number of rotatable bonds is 9. The zero-order valence-corrected chi connectivity index (χ0v) is 20.9. The van der Waals surface area contributed by atoms with Crippen LogP contribution in [0.1, 0.15) is 39.0 Å². The van der Waals surface area contributed by atoms with E-state index in [1.807, 2.05) is 18.2 Å². The summed E-state index contributed by atoms with van der Waals surface area (Å²) in [6.45, 7) is 4.28. The van der Waals surface area contributed by atoms with Crippen LogP contribution in [0.5, 0.6) is 5.75 Å². The SMILES string of the molecule is CCCCn1c(=O)c(OCC(=O)NC)cc2cc(Nc3nc(N4CCCCC4)ncc3Cl)ccc21. The van der Waals surface area contributed by atoms with E-state index in [4.69, 9.17) is 16.3 Å². The molecule has 10 heteroatoms. The number of carbonyl (C=O) groups excluding carboxylic acids is 1. The van der Waals surface area contributed by atoms with Gasteiger partial charge in [-0.15, -0.1) is 0 Å². The Morgan fingerprint density at radius 3 is 2.74 bits per heavy atom. The number of anilines is 3. The van der Waals surface area contributed by atoms with Crippen LogP contribution < -0.4 is 25.8 Å². The van der Waals surface area contributed by atoms with E-state index in [9.17, 15) is 9.59 Å². The van der Waals surface area contributed by atoms with Crippen molar-refractivity contribution in [1.82, 2.24) is 19.9 Å². The number of amides is 1. The van der Waals surface area contributed by atoms with Gasteiger partial charge in [-0.2, -0.15) is 4.98 Å². The van der Waals surface area contributed by atoms with Gasteiger partial charge >= 0.3 is 0 Å². The Bertz CT molecular complexity index is 1260. The molecule has 4 rings (SSSR count). The van der Waals surface area contributed by atoms with Crippen LogP contribution in [0.4, 0.5) is 17.5 Å². The van der Waals surface area contributed by atoms with E-state index in [-0.39, 0.29) is 23.8 Å². The number of carbonyl (C=O) groups is 1. The van der Waals surface area contributed by atoms with Gasteiger partial charge in [0.25, 0.3) is 11.5 Å². The lowest BCUT2D eigenvalue weighted by molar-refractivity contribution is -0.122. The van der Waals surface area contributed by atoms with Gasteiger partial charge in [0, 0.05) is 37.8 Å². The van der Waals surface area contributed by atoms with Crippen molar-refractivity contribution in [3.63, 3.8) is 0 Å². The van der Waals surface area contributed by atoms with Crippen LogP contribution >= 0.6 is 11.6 Å². The van der Waals surface area contributed by atoms with Crippen molar-refractivity contribution in [3.05, 3.63) is 45.8 Å². The first-order chi connectivity index (χ1) is 17.0. The van der Waals surface area contributed by atoms with Gasteiger partial charge in [0.2, 0.25) is 5.95 Å². The number of piperidine rings is 1. The fourth-order valence-electron chi connectivity index (χ4n) is 4.12. The first kappa shape index (κ1) is 24.8. The number of aryl methyl sites for hydroxylation is 1. The molecule has 186 valence electrons. The second-order valence-electron chi connectivity index (χ2n) is 8.59. The molecule has 0 spiro atoms. The molecule has 0 saturated carbocycles. The number of unbranched alkanes of at least 4 members (excludes halogenated alkanes) is 1. The summed E-state index contributed by atoms with van der Waals surface area (Å²) >= 11 is 6.41. The van der Waals surface area contributed by atoms with E-state index < -0.39 is 0 Å². The van der Waals surface area contributed by atoms with Crippen LogP contribution in [-0.2, 0) is 11.3 Å². The summed E-state index contributed by atoms with van der Waals surface area (Å²) in [6, 6.07) is 7.39. The number of pyridine rings is 1. The topological polar surface area (TPSA) is 101 Å². The quantitative estimate of drug-likeness (QED) is 0.458. The zero-order valence-electron chi connectivity index (χ0n) is 20.1. The minimum atomic E-state index is -0.303. The molecule has 2 N–H and O–H groups in total. The summed E-state index contributed by atoms with van der Waals surface area (Å²) in [6.07, 6.45) is 6.90. The Hall–Kier alpha value is -3.33. The molecule has 1 saturated heterocycles. The van der Waals surface area contributed by atoms with Crippen molar-refractivity contribution < 1.29 is 9.53 Å². The maximum Gasteiger partial charge on any atom is 0.293 e. The number of aromatic nitrogens is 3. The molecule has 3 heterocycles. The normalized spacial score (nSPS) is 13.6. The van der Waals surface area contributed by atoms with Crippen molar-refractivity contribution in [1.29, 1.82) is 0 Å². The molecule has 1 amide bonds. The van der Waals surface area contributed by atoms with E-state index in [1.165, 1.54) is 13.5 Å². The standard InChI is InChI=1S/C25H31ClN6O3/c1-3-4-12-32-20-9-8-18(13-17(20)14-21(24(32)34)35-16-22(33)27-2)29-23-19(26)15-28-25(30-23)31-10-6-5-7-11-31/h8-9,13-15H,3-7,10-12,16H2,1-2H3,(H,27,33)(H,28,29,30). The van der Waals surface area contributed by atoms with E-state index in [0.29, 0.717) is 23.3 Å². The van der Waals surface area contributed by atoms with Crippen LogP contribution in [0.2, 0.25) is 5.02 Å². The summed E-state index contributed by atoms with van der Waals surface area (Å²) in [4.78, 5) is 36.0. The van der Waals surface area contributed by atoms with Gasteiger partial charge < -0.3 is 24.8 Å². The molecule has 35 heavy (non-hydrogen) atoms. The number of halogens is 1. The first-order valence-electron chi connectivity index (χ1n) is 12.1. The molecule has 0 bridgehead atoms. The van der Waals surface area contributed by atoms with Gasteiger partial charge in [0.15, 0.2) is 18.2 Å². The number of hydrogen-bond acceptors (Lipinski definition) is 7. The Morgan fingerprint density at radius 1 is 1.20 bits per heavy atom. The summed E-state index contributed by atoms with van der Waals surface area (Å²) < 4.78 is 7.27. The van der Waals surface area contributed by atoms with Crippen molar-refractivity contribution in [2.24, 2.45) is 0 Å². The molecular formula is C25H31ClN6O3. The zero-order chi connectivity index (χ0) is 24.8. The summed E-state index contributed by atoms with van der Waals surface area (Å²) in [5.41, 5.74) is 1.31. The fourth-order valence-corrected chi connectivity index (χ4v) is 4.26. The van der Waals surface area contributed by atoms with Crippen molar-refractivity contribution in [3.8, 4) is 5.75 Å². The molecule has 1 aromatic carbocycles. The summed E-state index contributed by atoms with van der Waals surface area (Å²) in [7, 11) is 1.53. The highest BCUT2D eigenvalue weighted by atomic mass is 35.5. The highest BCUT2D eigenvalue weighted by Gasteiger charge is 2.16. The van der Waals surface area contributed by atoms with Crippen LogP contribution in [0.15, 0.2) is 35.3 Å². The fraction of sp³-hybridized carbons (Fsp3) is 0.440. The lowest BCUT2D eigenvalue weighted by atomic mass is 10.1. The second-order valence-corrected chi connectivity index (χ2v) is 9.00. The molecule has 1 aliphatic heterocycles. The number of hydrogen-bond donors (Lipinski definition) is 2. The Labute approximate surface area is 209 Å². The van der Waals surface area contributed by atoms with Crippen LogP contribution in [0.25, 0.3) is 10.9 Å². The lowest BCUT2D eigenvalue weighted by Crippen LogP contribution is -2.31. The summed E-state index contributed by atoms with van der Waals surface area (Å²) in [5.74, 6) is 1.03. The molecule has 0 atom stereocenters. The largest absolute Gasteiger partial charge is 0.478 e. The number of ether oxygens (including phenoxy) is 1. The first-order valence-corrected chi connectivity index (χ1v) is 12.4. The number of nitrogens with one attached hydrogen (secondary N) is 2. The van der Waals surface area contributed by atoms with Gasteiger partial charge in [-0.25, -0.2) is 4.98 Å². The predicted octanol–water partition coefficient (Wildman–Crippen LogP) is 4.10. The van der Waals surface area contributed by atoms with Crippen molar-refractivity contribution in [2.45, 2.75) is 45.6 Å². The average Bonchev–Trinajstić information content (AvgIpc) is 2.88. The maximum atomic E-state index is 13.0. The third kappa shape index (κ3) is 5.85. The monoisotopic (exact) mass is 498 g/mol. The molecule has 1 aliphatic rings. The molecule has 0 radical (unpaired) electrons. The highest BCUT2D eigenvalue weighted by molar-refractivity contribution is 6.32. The minimum absolute atomic E-state index is 0.141. The van der Waals surface area contributed by atoms with Crippen LogP contribution in [0.3, 0.4) is 0 Å². The van der Waals surface area contributed by atoms with Gasteiger partial charge in [0.1, 0.15) is 5.02 Å². The molecule has 1 fully saturated rings. The Balaban J connectivity index is 1.67. The average molecular weight is 499 g/mol. The van der Waals surface area contributed by atoms with Crippen molar-refractivity contribution in [2.75, 3.05) is 37.0 Å².